The molecule has 0 heterocycles. The van der Waals surface area contributed by atoms with Gasteiger partial charge in [-0.1, -0.05) is 18.2 Å². The lowest BCUT2D eigenvalue weighted by Gasteiger charge is -2.15. The summed E-state index contributed by atoms with van der Waals surface area (Å²) in [6.07, 6.45) is 0. The number of ether oxygens (including phenoxy) is 3. The SMILES string of the molecule is CCOc1cccc(CNc2cccc(OC)c2)c1OC. The van der Waals surface area contributed by atoms with Crippen LogP contribution < -0.4 is 19.5 Å². The van der Waals surface area contributed by atoms with Crippen LogP contribution in [0, 0.1) is 0 Å². The second-order valence-corrected chi connectivity index (χ2v) is 4.47. The second-order valence-electron chi connectivity index (χ2n) is 4.47. The number of hydrogen-bond acceptors (Lipinski definition) is 4. The molecule has 0 aliphatic rings. The monoisotopic (exact) mass is 287 g/mol. The first-order valence-electron chi connectivity index (χ1n) is 6.95. The van der Waals surface area contributed by atoms with Crippen LogP contribution >= 0.6 is 0 Å². The van der Waals surface area contributed by atoms with E-state index in [-0.39, 0.29) is 0 Å². The first-order chi connectivity index (χ1) is 10.3. The summed E-state index contributed by atoms with van der Waals surface area (Å²) in [4.78, 5) is 0. The molecule has 0 aromatic heterocycles. The summed E-state index contributed by atoms with van der Waals surface area (Å²) in [6, 6.07) is 13.7. The Morgan fingerprint density at radius 2 is 1.81 bits per heavy atom. The fourth-order valence-corrected chi connectivity index (χ4v) is 2.13. The average molecular weight is 287 g/mol. The molecule has 0 fully saturated rings. The van der Waals surface area contributed by atoms with Crippen molar-refractivity contribution in [2.45, 2.75) is 13.5 Å². The molecule has 0 saturated carbocycles. The van der Waals surface area contributed by atoms with E-state index in [1.54, 1.807) is 14.2 Å². The molecule has 4 nitrogen and oxygen atoms in total. The van der Waals surface area contributed by atoms with E-state index >= 15 is 0 Å². The van der Waals surface area contributed by atoms with Gasteiger partial charge in [0.05, 0.1) is 20.8 Å². The van der Waals surface area contributed by atoms with Crippen LogP contribution in [0.2, 0.25) is 0 Å². The Bertz CT molecular complexity index is 584. The van der Waals surface area contributed by atoms with Crippen LogP contribution in [-0.4, -0.2) is 20.8 Å². The zero-order valence-corrected chi connectivity index (χ0v) is 12.7. The van der Waals surface area contributed by atoms with Gasteiger partial charge in [0.25, 0.3) is 0 Å². The van der Waals surface area contributed by atoms with E-state index in [9.17, 15) is 0 Å². The summed E-state index contributed by atoms with van der Waals surface area (Å²) in [5.74, 6) is 2.37. The number of anilines is 1. The quantitative estimate of drug-likeness (QED) is 0.842. The van der Waals surface area contributed by atoms with Gasteiger partial charge >= 0.3 is 0 Å². The summed E-state index contributed by atoms with van der Waals surface area (Å²) < 4.78 is 16.3. The third-order valence-electron chi connectivity index (χ3n) is 3.12. The Hall–Kier alpha value is -2.36. The first-order valence-corrected chi connectivity index (χ1v) is 6.95. The van der Waals surface area contributed by atoms with Gasteiger partial charge in [0, 0.05) is 23.9 Å². The minimum absolute atomic E-state index is 0.614. The Labute approximate surface area is 125 Å². The van der Waals surface area contributed by atoms with Crippen LogP contribution in [-0.2, 0) is 6.54 Å². The van der Waals surface area contributed by atoms with E-state index in [2.05, 4.69) is 5.32 Å². The van der Waals surface area contributed by atoms with Crippen LogP contribution in [0.3, 0.4) is 0 Å². The molecule has 2 rings (SSSR count). The first kappa shape index (κ1) is 15.0. The van der Waals surface area contributed by atoms with Crippen LogP contribution in [0.4, 0.5) is 5.69 Å². The number of para-hydroxylation sites is 1. The molecule has 0 bridgehead atoms. The number of rotatable bonds is 7. The van der Waals surface area contributed by atoms with E-state index in [4.69, 9.17) is 14.2 Å². The highest BCUT2D eigenvalue weighted by Crippen LogP contribution is 2.31. The molecular weight excluding hydrogens is 266 g/mol. The van der Waals surface area contributed by atoms with Gasteiger partial charge in [-0.3, -0.25) is 0 Å². The molecule has 0 saturated heterocycles. The zero-order chi connectivity index (χ0) is 15.1. The normalized spacial score (nSPS) is 10.0. The van der Waals surface area contributed by atoms with Crippen molar-refractivity contribution in [3.8, 4) is 17.2 Å². The largest absolute Gasteiger partial charge is 0.497 e. The van der Waals surface area contributed by atoms with Gasteiger partial charge < -0.3 is 19.5 Å². The Balaban J connectivity index is 2.13. The van der Waals surface area contributed by atoms with Crippen molar-refractivity contribution < 1.29 is 14.2 Å². The van der Waals surface area contributed by atoms with Gasteiger partial charge in [0.15, 0.2) is 11.5 Å². The smallest absolute Gasteiger partial charge is 0.165 e. The molecule has 0 atom stereocenters. The third kappa shape index (κ3) is 3.81. The molecule has 0 aliphatic carbocycles. The summed E-state index contributed by atoms with van der Waals surface area (Å²) in [5.41, 5.74) is 2.05. The molecular formula is C17H21NO3. The lowest BCUT2D eigenvalue weighted by molar-refractivity contribution is 0.309. The molecule has 1 N–H and O–H groups in total. The third-order valence-corrected chi connectivity index (χ3v) is 3.12. The predicted molar refractivity (Wildman–Crippen MR) is 84.5 cm³/mol. The van der Waals surface area contributed by atoms with Crippen molar-refractivity contribution in [2.75, 3.05) is 26.1 Å². The summed E-state index contributed by atoms with van der Waals surface area (Å²) in [5, 5.41) is 3.36. The van der Waals surface area contributed by atoms with Gasteiger partial charge in [-0.15, -0.1) is 0 Å². The van der Waals surface area contributed by atoms with E-state index < -0.39 is 0 Å². The number of hydrogen-bond donors (Lipinski definition) is 1. The van der Waals surface area contributed by atoms with Crippen molar-refractivity contribution in [1.29, 1.82) is 0 Å². The lowest BCUT2D eigenvalue weighted by atomic mass is 10.1. The molecule has 2 aromatic carbocycles. The van der Waals surface area contributed by atoms with Crippen LogP contribution in [0.25, 0.3) is 0 Å². The molecule has 2 aromatic rings. The lowest BCUT2D eigenvalue weighted by Crippen LogP contribution is -2.04. The number of benzene rings is 2. The Morgan fingerprint density at radius 3 is 2.52 bits per heavy atom. The van der Waals surface area contributed by atoms with Crippen LogP contribution in [0.15, 0.2) is 42.5 Å². The average Bonchev–Trinajstić information content (AvgIpc) is 2.53. The highest BCUT2D eigenvalue weighted by atomic mass is 16.5. The Kier molecular flexibility index (Phi) is 5.32. The molecule has 0 radical (unpaired) electrons. The van der Waals surface area contributed by atoms with Crippen molar-refractivity contribution in [1.82, 2.24) is 0 Å². The highest BCUT2D eigenvalue weighted by molar-refractivity contribution is 5.51. The van der Waals surface area contributed by atoms with E-state index in [0.29, 0.717) is 13.2 Å². The maximum atomic E-state index is 5.58. The highest BCUT2D eigenvalue weighted by Gasteiger charge is 2.09. The Morgan fingerprint density at radius 1 is 1.00 bits per heavy atom. The summed E-state index contributed by atoms with van der Waals surface area (Å²) >= 11 is 0. The van der Waals surface area contributed by atoms with E-state index in [0.717, 1.165) is 28.5 Å². The molecule has 0 aliphatic heterocycles. The fraction of sp³-hybridized carbons (Fsp3) is 0.294. The van der Waals surface area contributed by atoms with Crippen LogP contribution in [0.1, 0.15) is 12.5 Å². The maximum Gasteiger partial charge on any atom is 0.165 e. The number of nitrogens with one attached hydrogen (secondary N) is 1. The predicted octanol–water partition coefficient (Wildman–Crippen LogP) is 3.71. The standard InChI is InChI=1S/C17H21NO3/c1-4-21-16-10-5-7-13(17(16)20-3)12-18-14-8-6-9-15(11-14)19-2/h5-11,18H,4,12H2,1-3H3. The molecule has 112 valence electrons. The second kappa shape index (κ2) is 7.43. The van der Waals surface area contributed by atoms with E-state index in [1.165, 1.54) is 0 Å². The van der Waals surface area contributed by atoms with Gasteiger partial charge in [-0.25, -0.2) is 0 Å². The van der Waals surface area contributed by atoms with Gasteiger partial charge in [0.1, 0.15) is 5.75 Å². The van der Waals surface area contributed by atoms with E-state index in [1.807, 2.05) is 49.4 Å². The van der Waals surface area contributed by atoms with Gasteiger partial charge in [0.2, 0.25) is 0 Å². The van der Waals surface area contributed by atoms with Crippen molar-refractivity contribution in [3.05, 3.63) is 48.0 Å². The van der Waals surface area contributed by atoms with Crippen molar-refractivity contribution in [2.24, 2.45) is 0 Å². The molecule has 0 unspecified atom stereocenters. The molecule has 0 amide bonds. The minimum Gasteiger partial charge on any atom is -0.497 e. The minimum atomic E-state index is 0.614. The van der Waals surface area contributed by atoms with Crippen molar-refractivity contribution >= 4 is 5.69 Å². The maximum absolute atomic E-state index is 5.58. The zero-order valence-electron chi connectivity index (χ0n) is 12.7. The summed E-state index contributed by atoms with van der Waals surface area (Å²) in [7, 11) is 3.32. The van der Waals surface area contributed by atoms with Crippen molar-refractivity contribution in [3.63, 3.8) is 0 Å². The molecule has 21 heavy (non-hydrogen) atoms. The fourth-order valence-electron chi connectivity index (χ4n) is 2.13. The summed E-state index contributed by atoms with van der Waals surface area (Å²) in [6.45, 7) is 3.22. The van der Waals surface area contributed by atoms with Crippen LogP contribution in [0.5, 0.6) is 17.2 Å². The topological polar surface area (TPSA) is 39.7 Å². The van der Waals surface area contributed by atoms with Gasteiger partial charge in [-0.05, 0) is 25.1 Å². The molecule has 0 spiro atoms. The molecule has 4 heteroatoms. The number of methoxy groups -OCH3 is 2. The van der Waals surface area contributed by atoms with Gasteiger partial charge in [-0.2, -0.15) is 0 Å².